The van der Waals surface area contributed by atoms with Gasteiger partial charge in [-0.2, -0.15) is 0 Å². The maximum Gasteiger partial charge on any atom is 0.319 e. The highest BCUT2D eigenvalue weighted by Gasteiger charge is 2.09. The number of anilines is 3. The van der Waals surface area contributed by atoms with Crippen LogP contribution in [0.5, 0.6) is 0 Å². The zero-order valence-electron chi connectivity index (χ0n) is 15.8. The minimum Gasteiger partial charge on any atom is -0.338 e. The van der Waals surface area contributed by atoms with Crippen LogP contribution >= 0.6 is 11.6 Å². The molecule has 0 spiro atoms. The number of hydrogen-bond donors (Lipinski definition) is 4. The largest absolute Gasteiger partial charge is 0.338 e. The Kier molecular flexibility index (Phi) is 7.83. The minimum atomic E-state index is -0.260. The first-order chi connectivity index (χ1) is 13.4. The van der Waals surface area contributed by atoms with Gasteiger partial charge in [0.05, 0.1) is 17.1 Å². The van der Waals surface area contributed by atoms with Crippen LogP contribution in [0.4, 0.5) is 21.9 Å². The van der Waals surface area contributed by atoms with Gasteiger partial charge < -0.3 is 21.3 Å². The van der Waals surface area contributed by atoms with E-state index in [2.05, 4.69) is 21.3 Å². The standard InChI is InChI=1S/C20H23ClN4O3/c1-3-10-22-20(28)24-15-6-4-14(5-7-15)11-19(27)25-18-9-8-16(12-17(18)21)23-13(2)26/h4-9,12H,3,10-11H2,1-2H3,(H,23,26)(H,25,27)(H2,22,24,28). The first-order valence-corrected chi connectivity index (χ1v) is 9.26. The molecule has 28 heavy (non-hydrogen) atoms. The molecule has 0 radical (unpaired) electrons. The molecule has 0 atom stereocenters. The van der Waals surface area contributed by atoms with Gasteiger partial charge in [-0.25, -0.2) is 4.79 Å². The van der Waals surface area contributed by atoms with Gasteiger partial charge in [-0.3, -0.25) is 9.59 Å². The van der Waals surface area contributed by atoms with E-state index in [0.717, 1.165) is 12.0 Å². The van der Waals surface area contributed by atoms with Crippen LogP contribution in [0.1, 0.15) is 25.8 Å². The van der Waals surface area contributed by atoms with Gasteiger partial charge in [-0.15, -0.1) is 0 Å². The average Bonchev–Trinajstić information content (AvgIpc) is 2.63. The van der Waals surface area contributed by atoms with Crippen molar-refractivity contribution in [2.24, 2.45) is 0 Å². The van der Waals surface area contributed by atoms with Gasteiger partial charge in [-0.1, -0.05) is 30.7 Å². The molecule has 2 rings (SSSR count). The van der Waals surface area contributed by atoms with Crippen LogP contribution in [0.3, 0.4) is 0 Å². The van der Waals surface area contributed by atoms with Crippen LogP contribution in [-0.2, 0) is 16.0 Å². The van der Waals surface area contributed by atoms with E-state index in [-0.39, 0.29) is 24.3 Å². The molecule has 2 aromatic carbocycles. The van der Waals surface area contributed by atoms with Crippen LogP contribution < -0.4 is 21.3 Å². The van der Waals surface area contributed by atoms with Crippen LogP contribution in [0.15, 0.2) is 42.5 Å². The van der Waals surface area contributed by atoms with Gasteiger partial charge in [0.2, 0.25) is 11.8 Å². The molecule has 0 aliphatic rings. The monoisotopic (exact) mass is 402 g/mol. The van der Waals surface area contributed by atoms with E-state index < -0.39 is 0 Å². The molecule has 0 aromatic heterocycles. The summed E-state index contributed by atoms with van der Waals surface area (Å²) >= 11 is 6.15. The summed E-state index contributed by atoms with van der Waals surface area (Å²) < 4.78 is 0. The number of amides is 4. The number of carbonyl (C=O) groups excluding carboxylic acids is 3. The van der Waals surface area contributed by atoms with Crippen molar-refractivity contribution in [3.8, 4) is 0 Å². The maximum atomic E-state index is 12.3. The van der Waals surface area contributed by atoms with Crippen molar-refractivity contribution in [1.82, 2.24) is 5.32 Å². The number of urea groups is 1. The number of benzene rings is 2. The molecule has 0 fully saturated rings. The summed E-state index contributed by atoms with van der Waals surface area (Å²) in [5.74, 6) is -0.427. The molecule has 0 aliphatic carbocycles. The van der Waals surface area contributed by atoms with E-state index in [1.807, 2.05) is 6.92 Å². The van der Waals surface area contributed by atoms with Gasteiger partial charge in [0.1, 0.15) is 0 Å². The minimum absolute atomic E-state index is 0.159. The highest BCUT2D eigenvalue weighted by molar-refractivity contribution is 6.34. The lowest BCUT2D eigenvalue weighted by molar-refractivity contribution is -0.116. The Bertz CT molecular complexity index is 853. The molecule has 0 aliphatic heterocycles. The molecule has 0 heterocycles. The van der Waals surface area contributed by atoms with Gasteiger partial charge in [-0.05, 0) is 42.3 Å². The average molecular weight is 403 g/mol. The Morgan fingerprint density at radius 2 is 1.61 bits per heavy atom. The zero-order chi connectivity index (χ0) is 20.5. The molecular weight excluding hydrogens is 380 g/mol. The molecule has 0 bridgehead atoms. The Balaban J connectivity index is 1.90. The third-order valence-corrected chi connectivity index (χ3v) is 3.99. The van der Waals surface area contributed by atoms with E-state index >= 15 is 0 Å². The number of hydrogen-bond acceptors (Lipinski definition) is 3. The fraction of sp³-hybridized carbons (Fsp3) is 0.250. The topological polar surface area (TPSA) is 99.3 Å². The second-order valence-corrected chi connectivity index (χ2v) is 6.59. The van der Waals surface area contributed by atoms with Gasteiger partial charge in [0, 0.05) is 24.8 Å². The lowest BCUT2D eigenvalue weighted by Crippen LogP contribution is -2.29. The Hall–Kier alpha value is -3.06. The molecular formula is C20H23ClN4O3. The highest BCUT2D eigenvalue weighted by atomic mass is 35.5. The summed E-state index contributed by atoms with van der Waals surface area (Å²) in [7, 11) is 0. The summed E-state index contributed by atoms with van der Waals surface area (Å²) in [4.78, 5) is 35.0. The normalized spacial score (nSPS) is 10.1. The number of nitrogens with one attached hydrogen (secondary N) is 4. The van der Waals surface area contributed by atoms with Crippen molar-refractivity contribution in [3.63, 3.8) is 0 Å². The van der Waals surface area contributed by atoms with Crippen molar-refractivity contribution < 1.29 is 14.4 Å². The van der Waals surface area contributed by atoms with Crippen LogP contribution in [0, 0.1) is 0 Å². The van der Waals surface area contributed by atoms with Crippen molar-refractivity contribution in [1.29, 1.82) is 0 Å². The second-order valence-electron chi connectivity index (χ2n) is 6.18. The van der Waals surface area contributed by atoms with Crippen LogP contribution in [-0.4, -0.2) is 24.4 Å². The first kappa shape index (κ1) is 21.2. The first-order valence-electron chi connectivity index (χ1n) is 8.88. The summed E-state index contributed by atoms with van der Waals surface area (Å²) in [5, 5.41) is 11.2. The van der Waals surface area contributed by atoms with Gasteiger partial charge in [0.25, 0.3) is 0 Å². The van der Waals surface area contributed by atoms with E-state index in [1.54, 1.807) is 42.5 Å². The predicted molar refractivity (Wildman–Crippen MR) is 112 cm³/mol. The van der Waals surface area contributed by atoms with E-state index in [1.165, 1.54) is 6.92 Å². The summed E-state index contributed by atoms with van der Waals surface area (Å²) in [6, 6.07) is 11.6. The molecule has 4 amide bonds. The fourth-order valence-electron chi connectivity index (χ4n) is 2.40. The zero-order valence-corrected chi connectivity index (χ0v) is 16.5. The lowest BCUT2D eigenvalue weighted by Gasteiger charge is -2.10. The molecule has 148 valence electrons. The van der Waals surface area contributed by atoms with Crippen molar-refractivity contribution in [2.45, 2.75) is 26.7 Å². The maximum absolute atomic E-state index is 12.3. The number of carbonyl (C=O) groups is 3. The molecule has 0 saturated heterocycles. The molecule has 8 heteroatoms. The van der Waals surface area contributed by atoms with Crippen molar-refractivity contribution in [2.75, 3.05) is 22.5 Å². The molecule has 0 unspecified atom stereocenters. The Labute approximate surface area is 168 Å². The van der Waals surface area contributed by atoms with Crippen LogP contribution in [0.2, 0.25) is 5.02 Å². The predicted octanol–water partition coefficient (Wildman–Crippen LogP) is 4.01. The summed E-state index contributed by atoms with van der Waals surface area (Å²) in [6.07, 6.45) is 1.02. The molecule has 4 N–H and O–H groups in total. The van der Waals surface area contributed by atoms with Gasteiger partial charge in [0.15, 0.2) is 0 Å². The van der Waals surface area contributed by atoms with E-state index in [4.69, 9.17) is 11.6 Å². The fourth-order valence-corrected chi connectivity index (χ4v) is 2.62. The quantitative estimate of drug-likeness (QED) is 0.563. The summed E-state index contributed by atoms with van der Waals surface area (Å²) in [6.45, 7) is 3.99. The smallest absolute Gasteiger partial charge is 0.319 e. The lowest BCUT2D eigenvalue weighted by atomic mass is 10.1. The molecule has 2 aromatic rings. The van der Waals surface area contributed by atoms with Crippen LogP contribution in [0.25, 0.3) is 0 Å². The van der Waals surface area contributed by atoms with Gasteiger partial charge >= 0.3 is 6.03 Å². The Morgan fingerprint density at radius 3 is 2.21 bits per heavy atom. The van der Waals surface area contributed by atoms with E-state index in [0.29, 0.717) is 28.6 Å². The SMILES string of the molecule is CCCNC(=O)Nc1ccc(CC(=O)Nc2ccc(NC(C)=O)cc2Cl)cc1. The highest BCUT2D eigenvalue weighted by Crippen LogP contribution is 2.25. The molecule has 0 saturated carbocycles. The number of halogens is 1. The van der Waals surface area contributed by atoms with Crippen molar-refractivity contribution >= 4 is 46.5 Å². The number of rotatable bonds is 7. The van der Waals surface area contributed by atoms with E-state index in [9.17, 15) is 14.4 Å². The molecule has 7 nitrogen and oxygen atoms in total. The Morgan fingerprint density at radius 1 is 0.929 bits per heavy atom. The summed E-state index contributed by atoms with van der Waals surface area (Å²) in [5.41, 5.74) is 2.46. The third-order valence-electron chi connectivity index (χ3n) is 3.68. The second kappa shape index (κ2) is 10.3. The van der Waals surface area contributed by atoms with Crippen molar-refractivity contribution in [3.05, 3.63) is 53.1 Å². The third kappa shape index (κ3) is 6.92.